The Morgan fingerprint density at radius 3 is 2.60 bits per heavy atom. The Balaban J connectivity index is 2.93. The molecule has 1 heterocycles. The zero-order chi connectivity index (χ0) is 15.1. The third kappa shape index (κ3) is 4.53. The minimum absolute atomic E-state index is 0.146. The second-order valence-electron chi connectivity index (χ2n) is 4.55. The van der Waals surface area contributed by atoms with E-state index in [1.165, 1.54) is 6.07 Å². The monoisotopic (exact) mass is 279 g/mol. The van der Waals surface area contributed by atoms with E-state index in [1.54, 1.807) is 13.0 Å². The van der Waals surface area contributed by atoms with Crippen molar-refractivity contribution in [2.45, 2.75) is 39.7 Å². The van der Waals surface area contributed by atoms with Crippen molar-refractivity contribution in [3.8, 4) is 0 Å². The highest BCUT2D eigenvalue weighted by Crippen LogP contribution is 2.13. The Morgan fingerprint density at radius 2 is 2.05 bits per heavy atom. The fraction of sp³-hybridized carbons (Fsp3) is 0.500. The normalized spacial score (nSPS) is 11.8. The molecule has 0 spiro atoms. The lowest BCUT2D eigenvalue weighted by atomic mass is 10.1. The van der Waals surface area contributed by atoms with Crippen molar-refractivity contribution in [3.05, 3.63) is 23.4 Å². The molecule has 1 rings (SSSR count). The maximum Gasteiger partial charge on any atom is 0.335 e. The summed E-state index contributed by atoms with van der Waals surface area (Å²) in [4.78, 5) is 27.1. The molecule has 0 aliphatic heterocycles. The number of aromatic nitrogens is 1. The minimum atomic E-state index is -1.00. The smallest absolute Gasteiger partial charge is 0.335 e. The number of carboxylic acids is 1. The van der Waals surface area contributed by atoms with Crippen LogP contribution in [0.3, 0.4) is 0 Å². The number of carbonyl (C=O) groups excluding carboxylic acids is 1. The van der Waals surface area contributed by atoms with Crippen LogP contribution < -0.4 is 10.6 Å². The number of hydrogen-bond acceptors (Lipinski definition) is 4. The van der Waals surface area contributed by atoms with Gasteiger partial charge in [0.15, 0.2) is 0 Å². The lowest BCUT2D eigenvalue weighted by Gasteiger charge is -2.15. The lowest BCUT2D eigenvalue weighted by molar-refractivity contribution is -0.121. The second-order valence-corrected chi connectivity index (χ2v) is 4.55. The Morgan fingerprint density at radius 1 is 1.35 bits per heavy atom. The van der Waals surface area contributed by atoms with Crippen molar-refractivity contribution < 1.29 is 14.7 Å². The van der Waals surface area contributed by atoms with E-state index < -0.39 is 12.0 Å². The number of rotatable bonds is 7. The van der Waals surface area contributed by atoms with Crippen LogP contribution in [-0.4, -0.2) is 34.6 Å². The summed E-state index contributed by atoms with van der Waals surface area (Å²) >= 11 is 0. The molecule has 3 N–H and O–H groups in total. The number of pyridine rings is 1. The average molecular weight is 279 g/mol. The molecule has 110 valence electrons. The van der Waals surface area contributed by atoms with Crippen LogP contribution >= 0.6 is 0 Å². The van der Waals surface area contributed by atoms with Crippen LogP contribution in [0.15, 0.2) is 12.1 Å². The lowest BCUT2D eigenvalue weighted by Crippen LogP contribution is -2.37. The molecule has 0 saturated carbocycles. The third-order valence-electron chi connectivity index (χ3n) is 2.74. The summed E-state index contributed by atoms with van der Waals surface area (Å²) in [6.45, 7) is 6.10. The van der Waals surface area contributed by atoms with Crippen molar-refractivity contribution in [1.29, 1.82) is 0 Å². The topological polar surface area (TPSA) is 91.3 Å². The van der Waals surface area contributed by atoms with E-state index in [1.807, 2.05) is 13.8 Å². The molecule has 1 amide bonds. The molecular formula is C14H21N3O3. The van der Waals surface area contributed by atoms with Crippen molar-refractivity contribution in [1.82, 2.24) is 10.3 Å². The summed E-state index contributed by atoms with van der Waals surface area (Å²) in [6, 6.07) is 2.53. The number of anilines is 1. The fourth-order valence-corrected chi connectivity index (χ4v) is 1.78. The van der Waals surface area contributed by atoms with E-state index >= 15 is 0 Å². The van der Waals surface area contributed by atoms with Crippen molar-refractivity contribution in [2.24, 2.45) is 0 Å². The van der Waals surface area contributed by atoms with Crippen LogP contribution in [0, 0.1) is 0 Å². The van der Waals surface area contributed by atoms with Gasteiger partial charge >= 0.3 is 5.97 Å². The van der Waals surface area contributed by atoms with Crippen LogP contribution in [0.2, 0.25) is 0 Å². The number of aromatic carboxylic acids is 1. The summed E-state index contributed by atoms with van der Waals surface area (Å²) in [7, 11) is 0. The first kappa shape index (κ1) is 15.9. The van der Waals surface area contributed by atoms with E-state index in [9.17, 15) is 9.59 Å². The highest BCUT2D eigenvalue weighted by Gasteiger charge is 2.14. The zero-order valence-electron chi connectivity index (χ0n) is 12.1. The molecule has 1 aromatic rings. The molecule has 0 aliphatic rings. The van der Waals surface area contributed by atoms with E-state index in [-0.39, 0.29) is 11.5 Å². The van der Waals surface area contributed by atoms with Crippen molar-refractivity contribution >= 4 is 17.7 Å². The summed E-state index contributed by atoms with van der Waals surface area (Å²) in [5, 5.41) is 14.7. The van der Waals surface area contributed by atoms with Crippen LogP contribution in [0.25, 0.3) is 0 Å². The Hall–Kier alpha value is -2.11. The van der Waals surface area contributed by atoms with Crippen LogP contribution in [0.5, 0.6) is 0 Å². The molecule has 0 aliphatic carbocycles. The molecule has 0 fully saturated rings. The summed E-state index contributed by atoms with van der Waals surface area (Å²) in [6.07, 6.45) is 1.58. The summed E-state index contributed by atoms with van der Waals surface area (Å²) in [5.41, 5.74) is 0.882. The van der Waals surface area contributed by atoms with Crippen molar-refractivity contribution in [2.75, 3.05) is 11.9 Å². The van der Waals surface area contributed by atoms with Gasteiger partial charge in [0.2, 0.25) is 5.91 Å². The van der Waals surface area contributed by atoms with Gasteiger partial charge in [-0.2, -0.15) is 0 Å². The van der Waals surface area contributed by atoms with Gasteiger partial charge in [-0.3, -0.25) is 4.79 Å². The van der Waals surface area contributed by atoms with Gasteiger partial charge in [-0.05, 0) is 32.4 Å². The number of amides is 1. The molecule has 0 aromatic carbocycles. The average Bonchev–Trinajstić information content (AvgIpc) is 2.39. The molecule has 6 heteroatoms. The Bertz CT molecular complexity index is 489. The van der Waals surface area contributed by atoms with Gasteiger partial charge in [-0.1, -0.05) is 13.3 Å². The molecule has 0 radical (unpaired) electrons. The largest absolute Gasteiger partial charge is 0.478 e. The molecular weight excluding hydrogens is 258 g/mol. The van der Waals surface area contributed by atoms with Gasteiger partial charge in [-0.25, -0.2) is 9.78 Å². The minimum Gasteiger partial charge on any atom is -0.478 e. The maximum absolute atomic E-state index is 11.7. The molecule has 0 saturated heterocycles. The van der Waals surface area contributed by atoms with Gasteiger partial charge in [0.05, 0.1) is 5.56 Å². The third-order valence-corrected chi connectivity index (χ3v) is 2.74. The van der Waals surface area contributed by atoms with Gasteiger partial charge in [0.1, 0.15) is 11.9 Å². The number of hydrogen-bond donors (Lipinski definition) is 3. The number of carboxylic acid groups (broad SMARTS) is 1. The standard InChI is InChI=1S/C14H21N3O3/c1-4-6-11-7-10(14(19)20)8-12(17-11)16-9(3)13(18)15-5-2/h7-9H,4-6H2,1-3H3,(H,15,18)(H,16,17)(H,19,20). The van der Waals surface area contributed by atoms with E-state index in [0.29, 0.717) is 24.5 Å². The van der Waals surface area contributed by atoms with Gasteiger partial charge in [-0.15, -0.1) is 0 Å². The first-order valence-corrected chi connectivity index (χ1v) is 6.76. The predicted molar refractivity (Wildman–Crippen MR) is 77.0 cm³/mol. The zero-order valence-corrected chi connectivity index (χ0v) is 12.1. The maximum atomic E-state index is 11.7. The SMILES string of the molecule is CCCc1cc(C(=O)O)cc(NC(C)C(=O)NCC)n1. The first-order chi connectivity index (χ1) is 9.47. The van der Waals surface area contributed by atoms with Crippen LogP contribution in [0.1, 0.15) is 43.2 Å². The predicted octanol–water partition coefficient (Wildman–Crippen LogP) is 1.67. The van der Waals surface area contributed by atoms with E-state index in [2.05, 4.69) is 15.6 Å². The fourth-order valence-electron chi connectivity index (χ4n) is 1.78. The molecule has 0 bridgehead atoms. The first-order valence-electron chi connectivity index (χ1n) is 6.76. The van der Waals surface area contributed by atoms with Crippen molar-refractivity contribution in [3.63, 3.8) is 0 Å². The van der Waals surface area contributed by atoms with Gasteiger partial charge < -0.3 is 15.7 Å². The molecule has 1 unspecified atom stereocenters. The second kappa shape index (κ2) is 7.47. The molecule has 1 aromatic heterocycles. The highest BCUT2D eigenvalue weighted by atomic mass is 16.4. The van der Waals surface area contributed by atoms with E-state index in [4.69, 9.17) is 5.11 Å². The summed E-state index contributed by atoms with van der Waals surface area (Å²) < 4.78 is 0. The number of likely N-dealkylation sites (N-methyl/N-ethyl adjacent to an activating group) is 1. The summed E-state index contributed by atoms with van der Waals surface area (Å²) in [5.74, 6) is -0.738. The van der Waals surface area contributed by atoms with Crippen LogP contribution in [0.4, 0.5) is 5.82 Å². The van der Waals surface area contributed by atoms with E-state index in [0.717, 1.165) is 6.42 Å². The quantitative estimate of drug-likeness (QED) is 0.706. The number of nitrogens with one attached hydrogen (secondary N) is 2. The number of nitrogens with zero attached hydrogens (tertiary/aromatic N) is 1. The Kier molecular flexibility index (Phi) is 5.96. The van der Waals surface area contributed by atoms with Gasteiger partial charge in [0, 0.05) is 12.2 Å². The Labute approximate surface area is 118 Å². The van der Waals surface area contributed by atoms with Crippen LogP contribution in [-0.2, 0) is 11.2 Å². The highest BCUT2D eigenvalue weighted by molar-refractivity contribution is 5.89. The molecule has 6 nitrogen and oxygen atoms in total. The molecule has 1 atom stereocenters. The number of aryl methyl sites for hydroxylation is 1. The number of carbonyl (C=O) groups is 2. The van der Waals surface area contributed by atoms with Gasteiger partial charge in [0.25, 0.3) is 0 Å². The molecule has 20 heavy (non-hydrogen) atoms.